The number of rotatable bonds is 2. The van der Waals surface area contributed by atoms with Crippen molar-refractivity contribution in [2.24, 2.45) is 0 Å². The number of nitrogens with zero attached hydrogens (tertiary/aromatic N) is 2. The average molecular weight is 255 g/mol. The van der Waals surface area contributed by atoms with Crippen molar-refractivity contribution in [3.05, 3.63) is 48.3 Å². The van der Waals surface area contributed by atoms with Crippen LogP contribution in [0.1, 0.15) is 5.69 Å². The van der Waals surface area contributed by atoms with Gasteiger partial charge in [0.2, 0.25) is 0 Å². The number of para-hydroxylation sites is 1. The van der Waals surface area contributed by atoms with Gasteiger partial charge < -0.3 is 10.5 Å². The highest BCUT2D eigenvalue weighted by Crippen LogP contribution is 2.37. The van der Waals surface area contributed by atoms with Crippen LogP contribution in [0.2, 0.25) is 0 Å². The fraction of sp³-hybridized carbons (Fsp3) is 0.143. The van der Waals surface area contributed by atoms with Crippen LogP contribution in [-0.2, 0) is 11.3 Å². The van der Waals surface area contributed by atoms with E-state index < -0.39 is 0 Å². The van der Waals surface area contributed by atoms with Gasteiger partial charge in [0, 0.05) is 6.20 Å². The van der Waals surface area contributed by atoms with Crippen molar-refractivity contribution in [1.82, 2.24) is 4.98 Å². The molecule has 0 unspecified atom stereocenters. The third kappa shape index (κ3) is 2.10. The number of pyridine rings is 1. The number of ether oxygens (including phenoxy) is 1. The molecule has 2 heterocycles. The molecule has 0 spiro atoms. The fourth-order valence-electron chi connectivity index (χ4n) is 2.11. The molecule has 0 saturated heterocycles. The lowest BCUT2D eigenvalue weighted by Crippen LogP contribution is -2.38. The number of fused-ring (bicyclic) bond motifs is 1. The normalized spacial score (nSPS) is 13.9. The number of nitrogen functional groups attached to an aromatic ring is 1. The molecule has 0 fully saturated rings. The van der Waals surface area contributed by atoms with E-state index in [2.05, 4.69) is 4.98 Å². The van der Waals surface area contributed by atoms with Crippen LogP contribution >= 0.6 is 0 Å². The maximum atomic E-state index is 12.0. The van der Waals surface area contributed by atoms with Gasteiger partial charge in [-0.15, -0.1) is 0 Å². The minimum absolute atomic E-state index is 0.0310. The third-order valence-corrected chi connectivity index (χ3v) is 3.00. The summed E-state index contributed by atoms with van der Waals surface area (Å²) >= 11 is 0. The monoisotopic (exact) mass is 255 g/mol. The van der Waals surface area contributed by atoms with Gasteiger partial charge in [0.05, 0.1) is 17.9 Å². The summed E-state index contributed by atoms with van der Waals surface area (Å²) in [4.78, 5) is 17.9. The summed E-state index contributed by atoms with van der Waals surface area (Å²) in [6.45, 7) is 0.424. The number of hydrogen-bond donors (Lipinski definition) is 1. The van der Waals surface area contributed by atoms with Gasteiger partial charge in [0.15, 0.2) is 6.61 Å². The molecule has 5 heteroatoms. The maximum absolute atomic E-state index is 12.0. The second-order valence-corrected chi connectivity index (χ2v) is 4.28. The minimum Gasteiger partial charge on any atom is -0.481 e. The van der Waals surface area contributed by atoms with E-state index in [-0.39, 0.29) is 12.5 Å². The lowest BCUT2D eigenvalue weighted by molar-refractivity contribution is -0.121. The predicted molar refractivity (Wildman–Crippen MR) is 71.8 cm³/mol. The molecule has 0 aliphatic carbocycles. The summed E-state index contributed by atoms with van der Waals surface area (Å²) in [5, 5.41) is 0. The summed E-state index contributed by atoms with van der Waals surface area (Å²) in [7, 11) is 0. The van der Waals surface area contributed by atoms with E-state index in [1.165, 1.54) is 0 Å². The lowest BCUT2D eigenvalue weighted by atomic mass is 10.2. The number of benzene rings is 1. The molecule has 1 aliphatic rings. The first kappa shape index (κ1) is 11.5. The summed E-state index contributed by atoms with van der Waals surface area (Å²) in [5.41, 5.74) is 7.92. The molecule has 96 valence electrons. The van der Waals surface area contributed by atoms with E-state index in [9.17, 15) is 4.79 Å². The lowest BCUT2D eigenvalue weighted by Gasteiger charge is -2.30. The molecule has 0 saturated carbocycles. The molecular weight excluding hydrogens is 242 g/mol. The molecule has 2 N–H and O–H groups in total. The summed E-state index contributed by atoms with van der Waals surface area (Å²) in [6.07, 6.45) is 1.70. The molecule has 5 nitrogen and oxygen atoms in total. The quantitative estimate of drug-likeness (QED) is 0.827. The number of nitrogens with two attached hydrogens (primary N) is 1. The van der Waals surface area contributed by atoms with E-state index in [1.807, 2.05) is 30.3 Å². The molecule has 3 rings (SSSR count). The highest BCUT2D eigenvalue weighted by atomic mass is 16.5. The number of hydrogen-bond acceptors (Lipinski definition) is 4. The zero-order valence-corrected chi connectivity index (χ0v) is 10.2. The van der Waals surface area contributed by atoms with E-state index in [0.29, 0.717) is 23.7 Å². The summed E-state index contributed by atoms with van der Waals surface area (Å²) in [6, 6.07) is 11.0. The molecule has 1 aromatic heterocycles. The van der Waals surface area contributed by atoms with Crippen molar-refractivity contribution in [1.29, 1.82) is 0 Å². The number of anilines is 2. The van der Waals surface area contributed by atoms with E-state index in [0.717, 1.165) is 5.69 Å². The Hall–Kier alpha value is -2.56. The highest BCUT2D eigenvalue weighted by Gasteiger charge is 2.27. The van der Waals surface area contributed by atoms with Crippen LogP contribution < -0.4 is 15.4 Å². The van der Waals surface area contributed by atoms with Gasteiger partial charge in [-0.3, -0.25) is 14.7 Å². The van der Waals surface area contributed by atoms with Crippen LogP contribution in [0, 0.1) is 0 Å². The Bertz CT molecular complexity index is 613. The maximum Gasteiger partial charge on any atom is 0.265 e. The van der Waals surface area contributed by atoms with Crippen LogP contribution in [0.25, 0.3) is 0 Å². The largest absolute Gasteiger partial charge is 0.481 e. The van der Waals surface area contributed by atoms with Crippen LogP contribution in [0.4, 0.5) is 11.4 Å². The van der Waals surface area contributed by atoms with Gasteiger partial charge in [-0.05, 0) is 24.3 Å². The second kappa shape index (κ2) is 4.61. The number of aromatic nitrogens is 1. The molecule has 1 aromatic carbocycles. The smallest absolute Gasteiger partial charge is 0.265 e. The minimum atomic E-state index is -0.115. The van der Waals surface area contributed by atoms with Crippen molar-refractivity contribution in [3.8, 4) is 5.75 Å². The van der Waals surface area contributed by atoms with Crippen LogP contribution in [-0.4, -0.2) is 17.5 Å². The van der Waals surface area contributed by atoms with Crippen LogP contribution in [0.3, 0.4) is 0 Å². The van der Waals surface area contributed by atoms with E-state index >= 15 is 0 Å². The highest BCUT2D eigenvalue weighted by molar-refractivity contribution is 6.00. The van der Waals surface area contributed by atoms with Gasteiger partial charge in [-0.25, -0.2) is 0 Å². The molecule has 0 radical (unpaired) electrons. The molecule has 0 atom stereocenters. The number of amides is 1. The standard InChI is InChI=1S/C14H13N3O2/c15-11-5-3-6-12-14(11)17(13(18)9-19-12)8-10-4-1-2-7-16-10/h1-7H,8-9,15H2. The van der Waals surface area contributed by atoms with E-state index in [1.54, 1.807) is 17.2 Å². The zero-order valence-electron chi connectivity index (χ0n) is 10.2. The van der Waals surface area contributed by atoms with Crippen LogP contribution in [0.15, 0.2) is 42.6 Å². The van der Waals surface area contributed by atoms with Gasteiger partial charge in [-0.1, -0.05) is 12.1 Å². The Kier molecular flexibility index (Phi) is 2.79. The first-order valence-electron chi connectivity index (χ1n) is 5.97. The Labute approximate surface area is 110 Å². The predicted octanol–water partition coefficient (Wildman–Crippen LogP) is 1.59. The van der Waals surface area contributed by atoms with Gasteiger partial charge in [0.1, 0.15) is 11.4 Å². The topological polar surface area (TPSA) is 68.5 Å². The van der Waals surface area contributed by atoms with Crippen molar-refractivity contribution in [3.63, 3.8) is 0 Å². The molecule has 2 aromatic rings. The Morgan fingerprint density at radius 2 is 2.16 bits per heavy atom. The zero-order chi connectivity index (χ0) is 13.2. The van der Waals surface area contributed by atoms with Crippen LogP contribution in [0.5, 0.6) is 5.75 Å². The summed E-state index contributed by atoms with van der Waals surface area (Å²) in [5.74, 6) is 0.520. The second-order valence-electron chi connectivity index (χ2n) is 4.28. The van der Waals surface area contributed by atoms with Gasteiger partial charge in [-0.2, -0.15) is 0 Å². The van der Waals surface area contributed by atoms with Crippen molar-refractivity contribution in [2.45, 2.75) is 6.54 Å². The molecular formula is C14H13N3O2. The SMILES string of the molecule is Nc1cccc2c1N(Cc1ccccn1)C(=O)CO2. The van der Waals surface area contributed by atoms with Gasteiger partial charge in [0.25, 0.3) is 5.91 Å². The molecule has 1 amide bonds. The number of carbonyl (C=O) groups is 1. The number of carbonyl (C=O) groups excluding carboxylic acids is 1. The average Bonchev–Trinajstić information content (AvgIpc) is 2.43. The first-order valence-corrected chi connectivity index (χ1v) is 5.97. The first-order chi connectivity index (χ1) is 9.25. The van der Waals surface area contributed by atoms with Crippen molar-refractivity contribution >= 4 is 17.3 Å². The third-order valence-electron chi connectivity index (χ3n) is 3.00. The Morgan fingerprint density at radius 1 is 1.26 bits per heavy atom. The van der Waals surface area contributed by atoms with Crippen molar-refractivity contribution in [2.75, 3.05) is 17.2 Å². The van der Waals surface area contributed by atoms with Gasteiger partial charge >= 0.3 is 0 Å². The Morgan fingerprint density at radius 3 is 2.95 bits per heavy atom. The molecule has 0 bridgehead atoms. The Balaban J connectivity index is 2.00. The van der Waals surface area contributed by atoms with Crippen molar-refractivity contribution < 1.29 is 9.53 Å². The molecule has 1 aliphatic heterocycles. The van der Waals surface area contributed by atoms with E-state index in [4.69, 9.17) is 10.5 Å². The fourth-order valence-corrected chi connectivity index (χ4v) is 2.11. The summed E-state index contributed by atoms with van der Waals surface area (Å²) < 4.78 is 5.39. The molecule has 19 heavy (non-hydrogen) atoms.